The zero-order valence-electron chi connectivity index (χ0n) is 17.4. The summed E-state index contributed by atoms with van der Waals surface area (Å²) in [5.74, 6) is -1.85. The number of rotatable bonds is 4. The van der Waals surface area contributed by atoms with E-state index >= 15 is 0 Å². The van der Waals surface area contributed by atoms with E-state index in [4.69, 9.17) is 4.74 Å². The molecule has 0 saturated carbocycles. The van der Waals surface area contributed by atoms with Gasteiger partial charge in [-0.05, 0) is 31.2 Å². The molecule has 156 valence electrons. The van der Waals surface area contributed by atoms with Crippen LogP contribution in [0.15, 0.2) is 42.5 Å². The second kappa shape index (κ2) is 9.70. The Balaban J connectivity index is 0.000000296. The first-order chi connectivity index (χ1) is 13.3. The summed E-state index contributed by atoms with van der Waals surface area (Å²) in [5.41, 5.74) is 0.707. The summed E-state index contributed by atoms with van der Waals surface area (Å²) in [6.07, 6.45) is -0.362. The van der Waals surface area contributed by atoms with Gasteiger partial charge in [-0.25, -0.2) is 4.79 Å². The first-order valence-electron chi connectivity index (χ1n) is 8.70. The van der Waals surface area contributed by atoms with Crippen LogP contribution in [0, 0.1) is 0 Å². The summed E-state index contributed by atoms with van der Waals surface area (Å²) in [6, 6.07) is 11.5. The lowest BCUT2D eigenvalue weighted by atomic mass is 10.1. The van der Waals surface area contributed by atoms with Gasteiger partial charge < -0.3 is 24.6 Å². The molecule has 2 aromatic rings. The first kappa shape index (κ1) is 23.6. The zero-order valence-corrected chi connectivity index (χ0v) is 17.4. The fraction of sp³-hybridized carbons (Fsp3) is 0.286. The van der Waals surface area contributed by atoms with Crippen molar-refractivity contribution < 1.29 is 29.3 Å². The minimum absolute atomic E-state index is 0.0123. The number of phenols is 1. The predicted octanol–water partition coefficient (Wildman–Crippen LogP) is 1.90. The van der Waals surface area contributed by atoms with E-state index in [9.17, 15) is 24.6 Å². The molecule has 0 aliphatic carbocycles. The van der Waals surface area contributed by atoms with Gasteiger partial charge in [-0.2, -0.15) is 0 Å². The third-order valence-electron chi connectivity index (χ3n) is 3.80. The number of Topliss-reactive ketones (excluding diaryl/α,β-unsaturated/α-hetero) is 1. The zero-order chi connectivity index (χ0) is 22.4. The van der Waals surface area contributed by atoms with Gasteiger partial charge in [-0.15, -0.1) is 0 Å². The van der Waals surface area contributed by atoms with Crippen LogP contribution in [0.4, 0.5) is 10.5 Å². The molecule has 0 spiro atoms. The molecule has 0 aromatic heterocycles. The second-order valence-corrected chi connectivity index (χ2v) is 7.32. The molecular weight excluding hydrogens is 376 g/mol. The normalized spacial score (nSPS) is 10.4. The van der Waals surface area contributed by atoms with Gasteiger partial charge in [-0.1, -0.05) is 12.1 Å². The standard InChI is InChI=1S/C12H19N2O2.C9H8O4/c1-13(2)12(15)16-11-8-6-7-10(9-11)14(3,4)5;1-5(10)6-3-2-4-7(8(6)11)9(12)13/h6-9H,1-5H3;2-4,11H,1H3,(H,12,13)/q+1;/p-1. The van der Waals surface area contributed by atoms with E-state index in [0.29, 0.717) is 10.2 Å². The quantitative estimate of drug-likeness (QED) is 0.618. The van der Waals surface area contributed by atoms with Crippen molar-refractivity contribution in [2.24, 2.45) is 0 Å². The number of carbonyl (C=O) groups is 3. The fourth-order valence-corrected chi connectivity index (χ4v) is 2.15. The van der Waals surface area contributed by atoms with Crippen LogP contribution < -0.4 is 14.3 Å². The number of benzene rings is 2. The number of carboxylic acids is 1. The Labute approximate surface area is 170 Å². The number of ketones is 1. The molecule has 29 heavy (non-hydrogen) atoms. The van der Waals surface area contributed by atoms with Crippen molar-refractivity contribution in [1.82, 2.24) is 9.38 Å². The topological polar surface area (TPSA) is 107 Å². The molecule has 2 rings (SSSR count). The third-order valence-corrected chi connectivity index (χ3v) is 3.80. The van der Waals surface area contributed by atoms with Gasteiger partial charge in [0.05, 0.1) is 32.7 Å². The number of amides is 1. The predicted molar refractivity (Wildman–Crippen MR) is 108 cm³/mol. The van der Waals surface area contributed by atoms with Crippen LogP contribution in [0.25, 0.3) is 0 Å². The SMILES string of the molecule is CC(=O)c1cccc(C(=O)[O-])c1O.CN(C)C(=O)Oc1cccc([N+](C)(C)C)c1. The Bertz CT molecular complexity index is 868. The highest BCUT2D eigenvalue weighted by Crippen LogP contribution is 2.23. The number of aromatic carboxylic acids is 1. The Morgan fingerprint density at radius 3 is 2.03 bits per heavy atom. The number of hydrogen-bond donors (Lipinski definition) is 1. The maximum Gasteiger partial charge on any atom is 0.414 e. The number of ether oxygens (including phenoxy) is 1. The fourth-order valence-electron chi connectivity index (χ4n) is 2.15. The van der Waals surface area contributed by atoms with E-state index in [-0.39, 0.29) is 23.0 Å². The number of nitrogens with zero attached hydrogens (tertiary/aromatic N) is 2. The molecule has 0 unspecified atom stereocenters. The van der Waals surface area contributed by atoms with Crippen molar-refractivity contribution in [2.45, 2.75) is 6.92 Å². The van der Waals surface area contributed by atoms with E-state index < -0.39 is 11.7 Å². The minimum Gasteiger partial charge on any atom is -0.545 e. The van der Waals surface area contributed by atoms with Crippen LogP contribution in [-0.4, -0.2) is 63.1 Å². The minimum atomic E-state index is -1.50. The number of hydrogen-bond acceptors (Lipinski definition) is 6. The van der Waals surface area contributed by atoms with Gasteiger partial charge in [-0.3, -0.25) is 9.28 Å². The van der Waals surface area contributed by atoms with Crippen molar-refractivity contribution in [3.8, 4) is 11.5 Å². The molecule has 1 N–H and O–H groups in total. The monoisotopic (exact) mass is 402 g/mol. The lowest BCUT2D eigenvalue weighted by Crippen LogP contribution is -2.34. The number of para-hydroxylation sites is 1. The molecule has 0 heterocycles. The van der Waals surface area contributed by atoms with Gasteiger partial charge >= 0.3 is 6.09 Å². The van der Waals surface area contributed by atoms with Crippen LogP contribution in [-0.2, 0) is 0 Å². The summed E-state index contributed by atoms with van der Waals surface area (Å²) >= 11 is 0. The van der Waals surface area contributed by atoms with Crippen LogP contribution in [0.3, 0.4) is 0 Å². The summed E-state index contributed by atoms with van der Waals surface area (Å²) < 4.78 is 5.88. The van der Waals surface area contributed by atoms with Crippen LogP contribution in [0.5, 0.6) is 11.5 Å². The van der Waals surface area contributed by atoms with Gasteiger partial charge in [0.2, 0.25) is 0 Å². The summed E-state index contributed by atoms with van der Waals surface area (Å²) in [7, 11) is 9.50. The Morgan fingerprint density at radius 2 is 1.55 bits per heavy atom. The number of carbonyl (C=O) groups excluding carboxylic acids is 3. The van der Waals surface area contributed by atoms with Crippen LogP contribution in [0.2, 0.25) is 0 Å². The lowest BCUT2D eigenvalue weighted by Gasteiger charge is -2.23. The number of aromatic hydroxyl groups is 1. The summed E-state index contributed by atoms with van der Waals surface area (Å²) in [4.78, 5) is 34.1. The molecule has 0 radical (unpaired) electrons. The molecular formula is C21H26N2O6. The second-order valence-electron chi connectivity index (χ2n) is 7.32. The Kier molecular flexibility index (Phi) is 7.91. The molecule has 0 atom stereocenters. The van der Waals surface area contributed by atoms with Gasteiger partial charge in [0.15, 0.2) is 5.78 Å². The average molecular weight is 402 g/mol. The van der Waals surface area contributed by atoms with Crippen molar-refractivity contribution in [3.63, 3.8) is 0 Å². The highest BCUT2D eigenvalue weighted by Gasteiger charge is 2.14. The Morgan fingerprint density at radius 1 is 1.00 bits per heavy atom. The Hall–Kier alpha value is -3.39. The highest BCUT2D eigenvalue weighted by molar-refractivity contribution is 6.01. The van der Waals surface area contributed by atoms with E-state index in [1.165, 1.54) is 30.0 Å². The highest BCUT2D eigenvalue weighted by atomic mass is 16.6. The molecule has 0 fully saturated rings. The molecule has 0 saturated heterocycles. The number of carboxylic acid groups (broad SMARTS) is 1. The van der Waals surface area contributed by atoms with Crippen molar-refractivity contribution in [3.05, 3.63) is 53.6 Å². The maximum atomic E-state index is 11.4. The summed E-state index contributed by atoms with van der Waals surface area (Å²) in [6.45, 7) is 1.24. The van der Waals surface area contributed by atoms with Gasteiger partial charge in [0.1, 0.15) is 17.2 Å². The van der Waals surface area contributed by atoms with E-state index in [1.54, 1.807) is 20.2 Å². The molecule has 0 bridgehead atoms. The van der Waals surface area contributed by atoms with Gasteiger partial charge in [0, 0.05) is 25.7 Å². The van der Waals surface area contributed by atoms with Gasteiger partial charge in [0.25, 0.3) is 0 Å². The van der Waals surface area contributed by atoms with E-state index in [1.807, 2.05) is 18.2 Å². The molecule has 8 heteroatoms. The molecule has 8 nitrogen and oxygen atoms in total. The van der Waals surface area contributed by atoms with Crippen LogP contribution >= 0.6 is 0 Å². The van der Waals surface area contributed by atoms with Crippen molar-refractivity contribution in [2.75, 3.05) is 35.2 Å². The average Bonchev–Trinajstić information content (AvgIpc) is 2.61. The molecule has 1 amide bonds. The molecule has 0 aliphatic rings. The lowest BCUT2D eigenvalue weighted by molar-refractivity contribution is -0.255. The summed E-state index contributed by atoms with van der Waals surface area (Å²) in [5, 5.41) is 19.7. The smallest absolute Gasteiger partial charge is 0.414 e. The van der Waals surface area contributed by atoms with E-state index in [2.05, 4.69) is 21.1 Å². The molecule has 2 aromatic carbocycles. The van der Waals surface area contributed by atoms with Crippen molar-refractivity contribution in [1.29, 1.82) is 0 Å². The van der Waals surface area contributed by atoms with Crippen molar-refractivity contribution >= 4 is 23.5 Å². The van der Waals surface area contributed by atoms with Crippen LogP contribution in [0.1, 0.15) is 27.6 Å². The largest absolute Gasteiger partial charge is 0.545 e. The molecule has 0 aliphatic heterocycles. The third kappa shape index (κ3) is 6.93. The first-order valence-corrected chi connectivity index (χ1v) is 8.70. The van der Waals surface area contributed by atoms with E-state index in [0.717, 1.165) is 5.69 Å². The number of quaternary nitrogens is 1. The maximum absolute atomic E-state index is 11.4.